The number of rotatable bonds is 20. The summed E-state index contributed by atoms with van der Waals surface area (Å²) >= 11 is 0. The fourth-order valence-electron chi connectivity index (χ4n) is 9.88. The van der Waals surface area contributed by atoms with E-state index in [-0.39, 0.29) is 10.8 Å². The van der Waals surface area contributed by atoms with Gasteiger partial charge in [0.05, 0.1) is 0 Å². The summed E-state index contributed by atoms with van der Waals surface area (Å²) in [5, 5.41) is 17.9. The first kappa shape index (κ1) is 34.9. The molecule has 6 heteroatoms. The van der Waals surface area contributed by atoms with Crippen LogP contribution in [-0.4, -0.2) is 20.6 Å². The zero-order valence-electron chi connectivity index (χ0n) is 31.2. The van der Waals surface area contributed by atoms with Gasteiger partial charge in [0.25, 0.3) is 0 Å². The molecule has 0 amide bonds. The second kappa shape index (κ2) is 15.4. The fraction of sp³-hybridized carbons (Fsp3) is 0.591. The molecule has 0 bridgehead atoms. The van der Waals surface area contributed by atoms with Crippen molar-refractivity contribution in [3.8, 4) is 22.3 Å². The van der Waals surface area contributed by atoms with E-state index < -0.39 is 0 Å². The lowest BCUT2D eigenvalue weighted by Crippen LogP contribution is -2.27. The Hall–Kier alpha value is -3.54. The van der Waals surface area contributed by atoms with E-state index in [1.165, 1.54) is 147 Å². The van der Waals surface area contributed by atoms with Crippen molar-refractivity contribution < 1.29 is 9.26 Å². The predicted octanol–water partition coefficient (Wildman–Crippen LogP) is 13.2. The number of hydrogen-bond donors (Lipinski definition) is 0. The molecule has 0 unspecified atom stereocenters. The van der Waals surface area contributed by atoms with Crippen LogP contribution in [0.4, 0.5) is 0 Å². The molecule has 0 atom stereocenters. The molecule has 2 aromatic heterocycles. The summed E-state index contributed by atoms with van der Waals surface area (Å²) in [5.74, 6) is 0. The maximum atomic E-state index is 5.45. The Kier molecular flexibility index (Phi) is 10.7. The van der Waals surface area contributed by atoms with Crippen LogP contribution < -0.4 is 0 Å². The highest BCUT2D eigenvalue weighted by atomic mass is 16.6. The Bertz CT molecular complexity index is 1740. The zero-order valence-corrected chi connectivity index (χ0v) is 31.2. The first-order valence-electron chi connectivity index (χ1n) is 20.3. The van der Waals surface area contributed by atoms with Gasteiger partial charge in [0.2, 0.25) is 0 Å². The van der Waals surface area contributed by atoms with Gasteiger partial charge in [-0.2, -0.15) is 0 Å². The number of hydrogen-bond acceptors (Lipinski definition) is 6. The van der Waals surface area contributed by atoms with Crippen LogP contribution in [-0.2, 0) is 10.8 Å². The summed E-state index contributed by atoms with van der Waals surface area (Å²) in [6.45, 7) is 9.25. The largest absolute Gasteiger partial charge is 0.243 e. The van der Waals surface area contributed by atoms with Crippen LogP contribution in [0.2, 0.25) is 0 Å². The van der Waals surface area contributed by atoms with Gasteiger partial charge < -0.3 is 0 Å². The summed E-state index contributed by atoms with van der Waals surface area (Å²) in [6.07, 6.45) is 24.7. The van der Waals surface area contributed by atoms with Gasteiger partial charge in [0, 0.05) is 22.0 Å². The molecule has 50 heavy (non-hydrogen) atoms. The molecule has 5 aromatic rings. The molecule has 0 saturated carbocycles. The van der Waals surface area contributed by atoms with Gasteiger partial charge in [-0.15, -0.1) is 0 Å². The summed E-state index contributed by atoms with van der Waals surface area (Å²) in [4.78, 5) is 0. The molecule has 0 spiro atoms. The third-order valence-electron chi connectivity index (χ3n) is 12.4. The Morgan fingerprint density at radius 3 is 1.12 bits per heavy atom. The topological polar surface area (TPSA) is 77.8 Å². The number of nitrogens with zero attached hydrogens (tertiary/aromatic N) is 4. The van der Waals surface area contributed by atoms with E-state index in [4.69, 9.17) is 9.26 Å². The van der Waals surface area contributed by atoms with Crippen LogP contribution in [0.5, 0.6) is 0 Å². The summed E-state index contributed by atoms with van der Waals surface area (Å²) in [6, 6.07) is 14.3. The van der Waals surface area contributed by atoms with E-state index >= 15 is 0 Å². The van der Waals surface area contributed by atoms with Crippen LogP contribution in [0.3, 0.4) is 0 Å². The Labute approximate surface area is 299 Å². The summed E-state index contributed by atoms with van der Waals surface area (Å²) in [5.41, 5.74) is 14.5. The van der Waals surface area contributed by atoms with E-state index in [1.807, 2.05) is 0 Å². The van der Waals surface area contributed by atoms with Gasteiger partial charge in [0.15, 0.2) is 0 Å². The maximum Gasteiger partial charge on any atom is 0.143 e. The number of benzene rings is 3. The molecule has 0 saturated heterocycles. The first-order chi connectivity index (χ1) is 24.6. The van der Waals surface area contributed by atoms with Crippen molar-refractivity contribution in [3.05, 3.63) is 58.7 Å². The SMILES string of the molecule is CCCCCCC1(CCCCCC)c2cc3c(cc2-c2c1ccc1nonc21)C(CCCCCC)(CCCCCC)c1ccc2nonc2c1-3. The number of aromatic nitrogens is 4. The molecule has 0 aliphatic heterocycles. The van der Waals surface area contributed by atoms with Crippen molar-refractivity contribution in [2.75, 3.05) is 0 Å². The van der Waals surface area contributed by atoms with Gasteiger partial charge in [0.1, 0.15) is 22.1 Å². The summed E-state index contributed by atoms with van der Waals surface area (Å²) in [7, 11) is 0. The molecular weight excluding hydrogens is 617 g/mol. The van der Waals surface area contributed by atoms with Crippen LogP contribution in [0, 0.1) is 0 Å². The highest BCUT2D eigenvalue weighted by molar-refractivity contribution is 6.03. The molecule has 3 aromatic carbocycles. The highest BCUT2D eigenvalue weighted by Gasteiger charge is 2.49. The average molecular weight is 675 g/mol. The van der Waals surface area contributed by atoms with Gasteiger partial charge >= 0.3 is 0 Å². The number of fused-ring (bicyclic) bond motifs is 10. The van der Waals surface area contributed by atoms with Gasteiger partial charge in [-0.25, -0.2) is 9.26 Å². The average Bonchev–Trinajstić information content (AvgIpc) is 3.92. The van der Waals surface area contributed by atoms with Crippen LogP contribution in [0.25, 0.3) is 44.3 Å². The minimum atomic E-state index is -0.0715. The van der Waals surface area contributed by atoms with Crippen LogP contribution in [0.1, 0.15) is 178 Å². The Morgan fingerprint density at radius 1 is 0.420 bits per heavy atom. The molecule has 2 aliphatic carbocycles. The van der Waals surface area contributed by atoms with Crippen molar-refractivity contribution in [3.63, 3.8) is 0 Å². The van der Waals surface area contributed by atoms with E-state index in [2.05, 4.69) is 84.7 Å². The standard InChI is InChI=1S/C44H58N4O2/c1-5-9-13-17-25-43(26-18-14-10-6-2)33-21-23-37-41(47-49-45-37)39(33)31-30-36-32(29-35(31)43)40-34(22-24-38-42(40)48-50-46-38)44(36,27-19-15-11-7-3)28-20-16-12-8-4/h21-24,29-30H,5-20,25-28H2,1-4H3. The van der Waals surface area contributed by atoms with Crippen molar-refractivity contribution in [1.82, 2.24) is 20.6 Å². The normalized spacial score (nSPS) is 15.1. The molecule has 6 nitrogen and oxygen atoms in total. The monoisotopic (exact) mass is 674 g/mol. The first-order valence-corrected chi connectivity index (χ1v) is 20.3. The third kappa shape index (κ3) is 5.98. The van der Waals surface area contributed by atoms with Gasteiger partial charge in [-0.1, -0.05) is 143 Å². The minimum absolute atomic E-state index is 0.0715. The zero-order chi connectivity index (χ0) is 34.6. The van der Waals surface area contributed by atoms with Crippen LogP contribution in [0.15, 0.2) is 45.7 Å². The molecule has 2 aliphatic rings. The molecule has 2 heterocycles. The smallest absolute Gasteiger partial charge is 0.143 e. The highest BCUT2D eigenvalue weighted by Crippen LogP contribution is 2.62. The van der Waals surface area contributed by atoms with Crippen molar-refractivity contribution in [2.24, 2.45) is 0 Å². The predicted molar refractivity (Wildman–Crippen MR) is 205 cm³/mol. The minimum Gasteiger partial charge on any atom is -0.243 e. The third-order valence-corrected chi connectivity index (χ3v) is 12.4. The quantitative estimate of drug-likeness (QED) is 0.0765. The molecule has 266 valence electrons. The van der Waals surface area contributed by atoms with Crippen molar-refractivity contribution in [2.45, 2.75) is 167 Å². The van der Waals surface area contributed by atoms with E-state index in [0.29, 0.717) is 0 Å². The van der Waals surface area contributed by atoms with Crippen LogP contribution >= 0.6 is 0 Å². The lowest BCUT2D eigenvalue weighted by Gasteiger charge is -2.35. The van der Waals surface area contributed by atoms with Crippen molar-refractivity contribution >= 4 is 22.1 Å². The number of unbranched alkanes of at least 4 members (excludes halogenated alkanes) is 12. The Morgan fingerprint density at radius 2 is 0.780 bits per heavy atom. The molecular formula is C44H58N4O2. The second-order valence-electron chi connectivity index (χ2n) is 15.6. The Balaban J connectivity index is 1.48. The van der Waals surface area contributed by atoms with E-state index in [1.54, 1.807) is 0 Å². The molecule has 0 fully saturated rings. The second-order valence-corrected chi connectivity index (χ2v) is 15.6. The summed E-state index contributed by atoms with van der Waals surface area (Å²) < 4.78 is 10.9. The van der Waals surface area contributed by atoms with E-state index in [9.17, 15) is 0 Å². The van der Waals surface area contributed by atoms with Crippen molar-refractivity contribution in [1.29, 1.82) is 0 Å². The van der Waals surface area contributed by atoms with Gasteiger partial charge in [-0.05, 0) is 104 Å². The molecule has 0 radical (unpaired) electrons. The van der Waals surface area contributed by atoms with E-state index in [0.717, 1.165) is 47.8 Å². The lowest BCUT2D eigenvalue weighted by atomic mass is 9.68. The maximum absolute atomic E-state index is 5.45. The molecule has 7 rings (SSSR count). The lowest BCUT2D eigenvalue weighted by molar-refractivity contribution is 0.315. The van der Waals surface area contributed by atoms with Gasteiger partial charge in [-0.3, -0.25) is 0 Å². The fourth-order valence-corrected chi connectivity index (χ4v) is 9.88. The molecule has 0 N–H and O–H groups in total.